The first-order valence-electron chi connectivity index (χ1n) is 10.5. The average molecular weight is 468 g/mol. The summed E-state index contributed by atoms with van der Waals surface area (Å²) in [6.45, 7) is 1.76. The average Bonchev–Trinajstić information content (AvgIpc) is 3.21. The van der Waals surface area contributed by atoms with Gasteiger partial charge in [-0.1, -0.05) is 6.07 Å². The standard InChI is InChI=1S/C23H22FN7O.ClH/c24-17-12-14(23(32)29-19-5-1-2-10-27-19)6-7-16(17)21-20-18(8-11-28-22(20)25)31(30-21)15-4-3-9-26-13-15;/h1-2,5-8,10-12,15,26H,3-4,9,13H2,(H2,25,28)(H,27,29,32);1H/t15-;/m1./s1. The van der Waals surface area contributed by atoms with Crippen molar-refractivity contribution < 1.29 is 9.18 Å². The van der Waals surface area contributed by atoms with Gasteiger partial charge in [-0.2, -0.15) is 5.10 Å². The van der Waals surface area contributed by atoms with Crippen LogP contribution in [0.15, 0.2) is 54.9 Å². The molecule has 0 radical (unpaired) electrons. The van der Waals surface area contributed by atoms with Crippen molar-refractivity contribution in [2.45, 2.75) is 18.9 Å². The van der Waals surface area contributed by atoms with Gasteiger partial charge in [0, 0.05) is 30.1 Å². The predicted molar refractivity (Wildman–Crippen MR) is 128 cm³/mol. The zero-order valence-corrected chi connectivity index (χ0v) is 18.5. The van der Waals surface area contributed by atoms with Crippen LogP contribution in [0.4, 0.5) is 16.0 Å². The fourth-order valence-corrected chi connectivity index (χ4v) is 4.10. The molecular formula is C23H23ClFN7O. The van der Waals surface area contributed by atoms with E-state index in [1.54, 1.807) is 42.7 Å². The maximum Gasteiger partial charge on any atom is 0.256 e. The molecule has 4 aromatic rings. The number of amides is 1. The van der Waals surface area contributed by atoms with Gasteiger partial charge in [0.25, 0.3) is 5.91 Å². The second-order valence-corrected chi connectivity index (χ2v) is 7.75. The molecule has 4 N–H and O–H groups in total. The van der Waals surface area contributed by atoms with Crippen LogP contribution in [-0.2, 0) is 0 Å². The van der Waals surface area contributed by atoms with Crippen LogP contribution in [-0.4, -0.2) is 38.7 Å². The summed E-state index contributed by atoms with van der Waals surface area (Å²) in [7, 11) is 0. The lowest BCUT2D eigenvalue weighted by Crippen LogP contribution is -2.32. The molecule has 33 heavy (non-hydrogen) atoms. The highest BCUT2D eigenvalue weighted by Crippen LogP contribution is 2.35. The molecule has 1 fully saturated rings. The Bertz CT molecular complexity index is 1290. The Morgan fingerprint density at radius 3 is 2.79 bits per heavy atom. The van der Waals surface area contributed by atoms with Crippen molar-refractivity contribution in [3.63, 3.8) is 0 Å². The van der Waals surface area contributed by atoms with Gasteiger partial charge in [0.2, 0.25) is 0 Å². The molecule has 0 bridgehead atoms. The lowest BCUT2D eigenvalue weighted by Gasteiger charge is -2.23. The molecular weight excluding hydrogens is 445 g/mol. The number of carbonyl (C=O) groups is 1. The maximum absolute atomic E-state index is 15.2. The molecule has 1 atom stereocenters. The second kappa shape index (κ2) is 9.51. The Kier molecular flexibility index (Phi) is 6.52. The van der Waals surface area contributed by atoms with Crippen LogP contribution in [0.3, 0.4) is 0 Å². The summed E-state index contributed by atoms with van der Waals surface area (Å²) in [5.74, 6) is -0.315. The normalized spacial score (nSPS) is 15.7. The molecule has 0 spiro atoms. The Hall–Kier alpha value is -3.56. The summed E-state index contributed by atoms with van der Waals surface area (Å²) in [4.78, 5) is 20.8. The zero-order chi connectivity index (χ0) is 22.1. The van der Waals surface area contributed by atoms with Crippen LogP contribution >= 0.6 is 12.4 Å². The number of aromatic nitrogens is 4. The number of anilines is 2. The number of nitrogens with two attached hydrogens (primary N) is 1. The Balaban J connectivity index is 0.00000259. The number of nitrogens with one attached hydrogen (secondary N) is 2. The molecule has 1 aliphatic rings. The van der Waals surface area contributed by atoms with Crippen LogP contribution in [0.1, 0.15) is 29.2 Å². The van der Waals surface area contributed by atoms with Crippen LogP contribution in [0, 0.1) is 5.82 Å². The van der Waals surface area contributed by atoms with Gasteiger partial charge >= 0.3 is 0 Å². The molecule has 3 aromatic heterocycles. The summed E-state index contributed by atoms with van der Waals surface area (Å²) in [6.07, 6.45) is 5.22. The van der Waals surface area contributed by atoms with Gasteiger partial charge in [0.05, 0.1) is 16.9 Å². The first-order chi connectivity index (χ1) is 15.6. The Morgan fingerprint density at radius 2 is 2.06 bits per heavy atom. The van der Waals surface area contributed by atoms with Gasteiger partial charge in [-0.25, -0.2) is 14.4 Å². The molecule has 170 valence electrons. The minimum atomic E-state index is -0.560. The minimum Gasteiger partial charge on any atom is -0.383 e. The lowest BCUT2D eigenvalue weighted by molar-refractivity contribution is 0.102. The van der Waals surface area contributed by atoms with Crippen LogP contribution in [0.25, 0.3) is 22.2 Å². The van der Waals surface area contributed by atoms with Crippen molar-refractivity contribution in [3.8, 4) is 11.3 Å². The molecule has 1 saturated heterocycles. The molecule has 1 aliphatic heterocycles. The van der Waals surface area contributed by atoms with Crippen LogP contribution < -0.4 is 16.4 Å². The van der Waals surface area contributed by atoms with E-state index in [-0.39, 0.29) is 29.6 Å². The number of hydrogen-bond acceptors (Lipinski definition) is 6. The summed E-state index contributed by atoms with van der Waals surface area (Å²) < 4.78 is 17.1. The smallest absolute Gasteiger partial charge is 0.256 e. The zero-order valence-electron chi connectivity index (χ0n) is 17.7. The highest BCUT2D eigenvalue weighted by molar-refractivity contribution is 6.05. The van der Waals surface area contributed by atoms with Crippen molar-refractivity contribution in [1.29, 1.82) is 0 Å². The molecule has 0 unspecified atom stereocenters. The summed E-state index contributed by atoms with van der Waals surface area (Å²) >= 11 is 0. The van der Waals surface area contributed by atoms with E-state index < -0.39 is 11.7 Å². The summed E-state index contributed by atoms with van der Waals surface area (Å²) in [5, 5.41) is 11.4. The van der Waals surface area contributed by atoms with Crippen molar-refractivity contribution in [1.82, 2.24) is 25.1 Å². The number of nitrogen functional groups attached to an aromatic ring is 1. The number of hydrogen-bond donors (Lipinski definition) is 3. The maximum atomic E-state index is 15.2. The minimum absolute atomic E-state index is 0. The van der Waals surface area contributed by atoms with Gasteiger partial charge in [-0.3, -0.25) is 9.48 Å². The number of nitrogens with zero attached hydrogens (tertiary/aromatic N) is 4. The Labute approximate surface area is 195 Å². The third kappa shape index (κ3) is 4.37. The largest absolute Gasteiger partial charge is 0.383 e. The number of fused-ring (bicyclic) bond motifs is 1. The van der Waals surface area contributed by atoms with E-state index in [0.717, 1.165) is 31.4 Å². The summed E-state index contributed by atoms with van der Waals surface area (Å²) in [5.41, 5.74) is 7.87. The van der Waals surface area contributed by atoms with E-state index >= 15 is 4.39 Å². The van der Waals surface area contributed by atoms with Gasteiger partial charge in [0.1, 0.15) is 23.1 Å². The SMILES string of the molecule is Cl.Nc1nccc2c1c(-c1ccc(C(=O)Nc3ccccn3)cc1F)nn2[C@@H]1CCCNC1. The third-order valence-corrected chi connectivity index (χ3v) is 5.66. The van der Waals surface area contributed by atoms with E-state index in [0.29, 0.717) is 22.7 Å². The molecule has 4 heterocycles. The van der Waals surface area contributed by atoms with Gasteiger partial charge in [0.15, 0.2) is 0 Å². The molecule has 10 heteroatoms. The number of carbonyl (C=O) groups excluding carboxylic acids is 1. The van der Waals surface area contributed by atoms with Gasteiger partial charge in [-0.05, 0) is 55.8 Å². The first kappa shape index (κ1) is 22.6. The summed E-state index contributed by atoms with van der Waals surface area (Å²) in [6, 6.07) is 11.5. The van der Waals surface area contributed by atoms with Crippen molar-refractivity contribution >= 4 is 40.9 Å². The number of rotatable bonds is 4. The molecule has 5 rings (SSSR count). The molecule has 0 saturated carbocycles. The number of benzene rings is 1. The van der Waals surface area contributed by atoms with Crippen molar-refractivity contribution in [2.24, 2.45) is 0 Å². The van der Waals surface area contributed by atoms with E-state index in [4.69, 9.17) is 10.8 Å². The monoisotopic (exact) mass is 467 g/mol. The molecule has 8 nitrogen and oxygen atoms in total. The second-order valence-electron chi connectivity index (χ2n) is 7.75. The highest BCUT2D eigenvalue weighted by Gasteiger charge is 2.24. The molecule has 1 amide bonds. The van der Waals surface area contributed by atoms with E-state index in [9.17, 15) is 4.79 Å². The molecule has 0 aliphatic carbocycles. The van der Waals surface area contributed by atoms with E-state index in [2.05, 4.69) is 20.6 Å². The lowest BCUT2D eigenvalue weighted by atomic mass is 10.0. The number of halogens is 2. The van der Waals surface area contributed by atoms with Crippen molar-refractivity contribution in [3.05, 3.63) is 66.2 Å². The topological polar surface area (TPSA) is 111 Å². The van der Waals surface area contributed by atoms with Crippen LogP contribution in [0.2, 0.25) is 0 Å². The number of piperidine rings is 1. The van der Waals surface area contributed by atoms with Crippen LogP contribution in [0.5, 0.6) is 0 Å². The quantitative estimate of drug-likeness (QED) is 0.421. The molecule has 1 aromatic carbocycles. The van der Waals surface area contributed by atoms with E-state index in [1.165, 1.54) is 6.07 Å². The third-order valence-electron chi connectivity index (χ3n) is 5.66. The highest BCUT2D eigenvalue weighted by atomic mass is 35.5. The Morgan fingerprint density at radius 1 is 1.18 bits per heavy atom. The van der Waals surface area contributed by atoms with Crippen molar-refractivity contribution in [2.75, 3.05) is 24.1 Å². The number of pyridine rings is 2. The van der Waals surface area contributed by atoms with E-state index in [1.807, 2.05) is 10.7 Å². The van der Waals surface area contributed by atoms with Gasteiger partial charge in [-0.15, -0.1) is 12.4 Å². The predicted octanol–water partition coefficient (Wildman–Crippen LogP) is 3.81. The van der Waals surface area contributed by atoms with Gasteiger partial charge < -0.3 is 16.4 Å². The first-order valence-corrected chi connectivity index (χ1v) is 10.5. The fraction of sp³-hybridized carbons (Fsp3) is 0.217. The fourth-order valence-electron chi connectivity index (χ4n) is 4.10.